The van der Waals surface area contributed by atoms with Crippen molar-refractivity contribution in [3.8, 4) is 28.3 Å². The zero-order valence-corrected chi connectivity index (χ0v) is 34.6. The fraction of sp³-hybridized carbons (Fsp3) is 0.349. The van der Waals surface area contributed by atoms with E-state index in [9.17, 15) is 0 Å². The minimum atomic E-state index is -0.0947. The first-order valence-electron chi connectivity index (χ1n) is 18.9. The van der Waals surface area contributed by atoms with Crippen LogP contribution in [0.25, 0.3) is 44.3 Å². The van der Waals surface area contributed by atoms with Gasteiger partial charge >= 0.3 is 0 Å². The number of nitrogens with zero attached hydrogens (tertiary/aromatic N) is 8. The predicted molar refractivity (Wildman–Crippen MR) is 224 cm³/mol. The molecule has 0 spiro atoms. The first kappa shape index (κ1) is 37.8. The number of aryl methyl sites for hydroxylation is 6. The smallest absolute Gasteiger partial charge is 0.275 e. The summed E-state index contributed by atoms with van der Waals surface area (Å²) >= 11 is 13.6. The van der Waals surface area contributed by atoms with Crippen molar-refractivity contribution in [1.29, 1.82) is 0 Å². The van der Waals surface area contributed by atoms with Gasteiger partial charge in [-0.3, -0.25) is 14.2 Å². The van der Waals surface area contributed by atoms with Crippen LogP contribution in [-0.2, 0) is 31.8 Å². The van der Waals surface area contributed by atoms with E-state index in [1.54, 1.807) is 18.1 Å². The van der Waals surface area contributed by atoms with E-state index in [1.165, 1.54) is 0 Å². The highest BCUT2D eigenvalue weighted by atomic mass is 35.5. The largest absolute Gasteiger partial charge is 0.494 e. The van der Waals surface area contributed by atoms with Crippen molar-refractivity contribution in [2.45, 2.75) is 60.0 Å². The molecule has 5 heterocycles. The van der Waals surface area contributed by atoms with Gasteiger partial charge in [0.25, 0.3) is 5.91 Å². The molecule has 0 fully saturated rings. The molecule has 56 heavy (non-hydrogen) atoms. The van der Waals surface area contributed by atoms with Crippen LogP contribution in [0.1, 0.15) is 58.0 Å². The summed E-state index contributed by atoms with van der Waals surface area (Å²) in [5.74, 6) is 1.35. The molecule has 1 atom stereocenters. The molecule has 290 valence electrons. The summed E-state index contributed by atoms with van der Waals surface area (Å²) in [5, 5.41) is 12.7. The van der Waals surface area contributed by atoms with Crippen molar-refractivity contribution in [3.05, 3.63) is 98.8 Å². The van der Waals surface area contributed by atoms with Crippen molar-refractivity contribution in [2.75, 3.05) is 31.8 Å². The molecule has 3 aromatic carbocycles. The molecule has 0 N–H and O–H groups in total. The number of carbonyl (C=O) groups is 1. The second-order valence-corrected chi connectivity index (χ2v) is 15.7. The number of fused-ring (bicyclic) bond motifs is 4. The number of amides is 1. The molecule has 1 unspecified atom stereocenters. The minimum absolute atomic E-state index is 0.0620. The van der Waals surface area contributed by atoms with Crippen LogP contribution in [-0.4, -0.2) is 66.5 Å². The molecule has 1 amide bonds. The molecule has 0 bridgehead atoms. The highest BCUT2D eigenvalue weighted by Gasteiger charge is 2.38. The Morgan fingerprint density at radius 1 is 0.929 bits per heavy atom. The van der Waals surface area contributed by atoms with E-state index in [1.807, 2.05) is 68.7 Å². The summed E-state index contributed by atoms with van der Waals surface area (Å²) in [6.45, 7) is 12.3. The van der Waals surface area contributed by atoms with E-state index in [2.05, 4.69) is 57.5 Å². The summed E-state index contributed by atoms with van der Waals surface area (Å²) in [4.78, 5) is 21.8. The normalized spacial score (nSPS) is 14.4. The maximum Gasteiger partial charge on any atom is 0.275 e. The van der Waals surface area contributed by atoms with Crippen LogP contribution in [0.4, 0.5) is 5.69 Å². The molecule has 1 aliphatic rings. The number of hydrogen-bond acceptors (Lipinski definition) is 6. The summed E-state index contributed by atoms with van der Waals surface area (Å²) < 4.78 is 19.7. The fourth-order valence-electron chi connectivity index (χ4n) is 8.42. The Labute approximate surface area is 336 Å². The van der Waals surface area contributed by atoms with E-state index in [0.29, 0.717) is 55.7 Å². The molecule has 8 rings (SSSR count). The van der Waals surface area contributed by atoms with Crippen LogP contribution in [0.5, 0.6) is 5.75 Å². The average molecular weight is 794 g/mol. The van der Waals surface area contributed by atoms with Gasteiger partial charge < -0.3 is 23.5 Å². The topological polar surface area (TPSA) is 97.2 Å². The van der Waals surface area contributed by atoms with Crippen molar-refractivity contribution in [2.24, 2.45) is 14.1 Å². The van der Waals surface area contributed by atoms with Crippen LogP contribution < -0.4 is 9.64 Å². The summed E-state index contributed by atoms with van der Waals surface area (Å²) in [5.41, 5.74) is 11.1. The van der Waals surface area contributed by atoms with Crippen LogP contribution in [0.3, 0.4) is 0 Å². The Kier molecular flexibility index (Phi) is 9.97. The molecule has 0 saturated heterocycles. The van der Waals surface area contributed by atoms with Crippen molar-refractivity contribution in [3.63, 3.8) is 0 Å². The highest BCUT2D eigenvalue weighted by Crippen LogP contribution is 2.46. The van der Waals surface area contributed by atoms with E-state index in [0.717, 1.165) is 83.0 Å². The highest BCUT2D eigenvalue weighted by molar-refractivity contribution is 6.35. The van der Waals surface area contributed by atoms with Gasteiger partial charge in [-0.15, -0.1) is 0 Å². The van der Waals surface area contributed by atoms with Gasteiger partial charge in [0.1, 0.15) is 17.8 Å². The molecular formula is C43H46Cl2N8O3. The quantitative estimate of drug-likeness (QED) is 0.121. The Balaban J connectivity index is 1.27. The van der Waals surface area contributed by atoms with Crippen molar-refractivity contribution < 1.29 is 14.3 Å². The fourth-order valence-corrected chi connectivity index (χ4v) is 8.77. The Bertz CT molecular complexity index is 2640. The number of benzene rings is 3. The lowest BCUT2D eigenvalue weighted by Crippen LogP contribution is -2.42. The summed E-state index contributed by atoms with van der Waals surface area (Å²) in [6, 6.07) is 14.1. The van der Waals surface area contributed by atoms with E-state index < -0.39 is 0 Å². The predicted octanol–water partition coefficient (Wildman–Crippen LogP) is 9.21. The lowest BCUT2D eigenvalue weighted by molar-refractivity contribution is 0.0957. The second-order valence-electron chi connectivity index (χ2n) is 14.9. The second kappa shape index (κ2) is 14.8. The third-order valence-electron chi connectivity index (χ3n) is 11.1. The van der Waals surface area contributed by atoms with Gasteiger partial charge in [-0.25, -0.2) is 4.98 Å². The van der Waals surface area contributed by atoms with Gasteiger partial charge in [0.05, 0.1) is 40.7 Å². The van der Waals surface area contributed by atoms with Gasteiger partial charge in [-0.05, 0) is 101 Å². The molecule has 0 saturated carbocycles. The first-order valence-corrected chi connectivity index (χ1v) is 19.7. The molecule has 0 radical (unpaired) electrons. The zero-order chi connectivity index (χ0) is 39.6. The van der Waals surface area contributed by atoms with Gasteiger partial charge in [-0.2, -0.15) is 10.2 Å². The van der Waals surface area contributed by atoms with E-state index >= 15 is 4.79 Å². The molecule has 4 aromatic heterocycles. The van der Waals surface area contributed by atoms with E-state index in [4.69, 9.17) is 37.8 Å². The number of halogens is 2. The number of methoxy groups -OCH3 is 1. The Morgan fingerprint density at radius 2 is 1.70 bits per heavy atom. The zero-order valence-electron chi connectivity index (χ0n) is 33.1. The maximum absolute atomic E-state index is 15.4. The monoisotopic (exact) mass is 792 g/mol. The number of ether oxygens (including phenoxy) is 2. The third-order valence-corrected chi connectivity index (χ3v) is 12.0. The Morgan fingerprint density at radius 3 is 2.38 bits per heavy atom. The molecule has 1 aliphatic heterocycles. The minimum Gasteiger partial charge on any atom is -0.494 e. The average Bonchev–Trinajstić information content (AvgIpc) is 3.92. The third kappa shape index (κ3) is 6.35. The first-order chi connectivity index (χ1) is 26.9. The Hall–Kier alpha value is -5.10. The molecule has 13 heteroatoms. The lowest BCUT2D eigenvalue weighted by atomic mass is 9.98. The molecule has 0 aliphatic carbocycles. The van der Waals surface area contributed by atoms with Gasteiger partial charge in [-0.1, -0.05) is 29.3 Å². The molecule has 11 nitrogen and oxygen atoms in total. The molecular weight excluding hydrogens is 747 g/mol. The maximum atomic E-state index is 15.4. The van der Waals surface area contributed by atoms with E-state index in [-0.39, 0.29) is 11.9 Å². The number of hydrogen-bond donors (Lipinski definition) is 0. The number of carbonyl (C=O) groups excluding carboxylic acids is 1. The number of anilines is 1. The standard InChI is InChI=1S/C43H46Cl2N8O3/c1-24-18-30(19-25(2)39(24)45)56-16-9-10-31-32-12-13-34(44)38(37-27(4)47-50(7)28(37)5)40(32)53-26(3)21-52(43(54)41(31)53)36-22-51(15-17-55-8)35-14-11-29(20-33(35)36)42-46-23-49(6)48-42/h11-14,18-20,22-23,26H,9-10,15-17,21H2,1-8H3. The lowest BCUT2D eigenvalue weighted by Gasteiger charge is -2.34. The SMILES string of the molecule is COCCn1cc(N2CC(C)n3c(c(CCCOc4cc(C)c(Cl)c(C)c4)c4ccc(Cl)c(-c5c(C)nn(C)c5C)c43)C2=O)c2cc(-c3ncn(C)n3)ccc21. The van der Waals surface area contributed by atoms with Crippen LogP contribution in [0, 0.1) is 27.7 Å². The van der Waals surface area contributed by atoms with Crippen LogP contribution in [0.15, 0.2) is 55.0 Å². The van der Waals surface area contributed by atoms with Gasteiger partial charge in [0, 0.05) is 84.7 Å². The summed E-state index contributed by atoms with van der Waals surface area (Å²) in [6.07, 6.45) is 5.08. The number of rotatable bonds is 11. The number of aromatic nitrogens is 7. The van der Waals surface area contributed by atoms with Gasteiger partial charge in [0.2, 0.25) is 0 Å². The van der Waals surface area contributed by atoms with Crippen molar-refractivity contribution >= 4 is 56.6 Å². The molecule has 7 aromatic rings. The summed E-state index contributed by atoms with van der Waals surface area (Å²) in [7, 11) is 5.50. The van der Waals surface area contributed by atoms with Crippen LogP contribution in [0.2, 0.25) is 10.0 Å². The van der Waals surface area contributed by atoms with Gasteiger partial charge in [0.15, 0.2) is 5.82 Å². The van der Waals surface area contributed by atoms with Crippen LogP contribution >= 0.6 is 23.2 Å². The van der Waals surface area contributed by atoms with Crippen molar-refractivity contribution in [1.82, 2.24) is 33.7 Å².